The van der Waals surface area contributed by atoms with Crippen molar-refractivity contribution < 1.29 is 18.3 Å². The van der Waals surface area contributed by atoms with Crippen LogP contribution in [0.15, 0.2) is 54.7 Å². The highest BCUT2D eigenvalue weighted by Crippen LogP contribution is 2.23. The molecule has 3 aromatic heterocycles. The van der Waals surface area contributed by atoms with Crippen LogP contribution in [-0.2, 0) is 11.3 Å². The van der Waals surface area contributed by atoms with Gasteiger partial charge in [-0.05, 0) is 36.4 Å². The highest BCUT2D eigenvalue weighted by molar-refractivity contribution is 6.02. The minimum absolute atomic E-state index is 0.00515. The SMILES string of the molecule is O=C(Nc1cccc(CN2CCOCC2)n1)c1cnc2ccc(-c3cccc(F)c3F)nn12. The van der Waals surface area contributed by atoms with Crippen molar-refractivity contribution in [3.05, 3.63) is 77.8 Å². The van der Waals surface area contributed by atoms with Crippen LogP contribution < -0.4 is 5.32 Å². The highest BCUT2D eigenvalue weighted by atomic mass is 19.2. The zero-order valence-corrected chi connectivity index (χ0v) is 17.5. The summed E-state index contributed by atoms with van der Waals surface area (Å²) in [4.78, 5) is 23.9. The fraction of sp³-hybridized carbons (Fsp3) is 0.217. The molecule has 8 nitrogen and oxygen atoms in total. The monoisotopic (exact) mass is 450 g/mol. The lowest BCUT2D eigenvalue weighted by Crippen LogP contribution is -2.35. The first-order valence-corrected chi connectivity index (χ1v) is 10.4. The summed E-state index contributed by atoms with van der Waals surface area (Å²) in [5.41, 5.74) is 1.54. The van der Waals surface area contributed by atoms with Crippen molar-refractivity contribution in [1.82, 2.24) is 24.5 Å². The molecule has 0 unspecified atom stereocenters. The maximum atomic E-state index is 14.2. The first-order chi connectivity index (χ1) is 16.1. The Labute approximate surface area is 187 Å². The minimum atomic E-state index is -1.00. The number of nitrogens with one attached hydrogen (secondary N) is 1. The second-order valence-electron chi connectivity index (χ2n) is 7.59. The zero-order chi connectivity index (χ0) is 22.8. The summed E-state index contributed by atoms with van der Waals surface area (Å²) in [6, 6.07) is 12.4. The Morgan fingerprint density at radius 2 is 1.88 bits per heavy atom. The molecule has 0 spiro atoms. The van der Waals surface area contributed by atoms with Gasteiger partial charge in [-0.25, -0.2) is 23.3 Å². The predicted octanol–water partition coefficient (Wildman–Crippen LogP) is 3.15. The molecule has 0 aliphatic carbocycles. The van der Waals surface area contributed by atoms with Gasteiger partial charge < -0.3 is 10.1 Å². The lowest BCUT2D eigenvalue weighted by molar-refractivity contribution is 0.0337. The van der Waals surface area contributed by atoms with Crippen molar-refractivity contribution in [2.45, 2.75) is 6.54 Å². The van der Waals surface area contributed by atoms with Crippen LogP contribution >= 0.6 is 0 Å². The molecule has 10 heteroatoms. The fourth-order valence-corrected chi connectivity index (χ4v) is 3.68. The number of carbonyl (C=O) groups excluding carboxylic acids is 1. The van der Waals surface area contributed by atoms with Crippen LogP contribution in [0.5, 0.6) is 0 Å². The number of amides is 1. The van der Waals surface area contributed by atoms with Crippen molar-refractivity contribution in [1.29, 1.82) is 0 Å². The smallest absolute Gasteiger partial charge is 0.277 e. The van der Waals surface area contributed by atoms with Crippen LogP contribution in [0.25, 0.3) is 16.9 Å². The number of carbonyl (C=O) groups is 1. The van der Waals surface area contributed by atoms with Crippen LogP contribution in [0, 0.1) is 11.6 Å². The zero-order valence-electron chi connectivity index (χ0n) is 17.5. The second-order valence-corrected chi connectivity index (χ2v) is 7.59. The van der Waals surface area contributed by atoms with E-state index in [-0.39, 0.29) is 17.0 Å². The Bertz CT molecular complexity index is 1320. The lowest BCUT2D eigenvalue weighted by Gasteiger charge is -2.26. The topological polar surface area (TPSA) is 84.7 Å². The van der Waals surface area contributed by atoms with Crippen molar-refractivity contribution in [3.8, 4) is 11.3 Å². The molecule has 1 aromatic carbocycles. The number of aromatic nitrogens is 4. The summed E-state index contributed by atoms with van der Waals surface area (Å²) in [6.45, 7) is 3.71. The van der Waals surface area contributed by atoms with E-state index in [1.165, 1.54) is 28.9 Å². The van der Waals surface area contributed by atoms with Crippen LogP contribution in [0.2, 0.25) is 0 Å². The number of hydrogen-bond acceptors (Lipinski definition) is 6. The Balaban J connectivity index is 1.39. The van der Waals surface area contributed by atoms with E-state index in [2.05, 4.69) is 25.3 Å². The number of nitrogens with zero attached hydrogens (tertiary/aromatic N) is 5. The number of halogens is 2. The summed E-state index contributed by atoms with van der Waals surface area (Å²) in [5, 5.41) is 7.08. The maximum absolute atomic E-state index is 14.2. The second kappa shape index (κ2) is 9.00. The van der Waals surface area contributed by atoms with Gasteiger partial charge in [0.05, 0.1) is 30.8 Å². The number of benzene rings is 1. The van der Waals surface area contributed by atoms with Gasteiger partial charge in [0.2, 0.25) is 0 Å². The molecule has 5 rings (SSSR count). The summed E-state index contributed by atoms with van der Waals surface area (Å²) in [5.74, 6) is -2.05. The lowest BCUT2D eigenvalue weighted by atomic mass is 10.1. The number of morpholine rings is 1. The Kier molecular flexibility index (Phi) is 5.76. The molecule has 0 radical (unpaired) electrons. The average Bonchev–Trinajstić information content (AvgIpc) is 3.25. The first-order valence-electron chi connectivity index (χ1n) is 10.4. The highest BCUT2D eigenvalue weighted by Gasteiger charge is 2.17. The minimum Gasteiger partial charge on any atom is -0.379 e. The Hall–Kier alpha value is -3.76. The van der Waals surface area contributed by atoms with E-state index in [1.807, 2.05) is 12.1 Å². The van der Waals surface area contributed by atoms with Crippen LogP contribution in [0.3, 0.4) is 0 Å². The molecule has 1 aliphatic heterocycles. The molecule has 1 N–H and O–H groups in total. The van der Waals surface area contributed by atoms with Crippen LogP contribution in [0.1, 0.15) is 16.2 Å². The van der Waals surface area contributed by atoms with Gasteiger partial charge >= 0.3 is 0 Å². The van der Waals surface area contributed by atoms with Gasteiger partial charge in [0.15, 0.2) is 23.0 Å². The van der Waals surface area contributed by atoms with E-state index >= 15 is 0 Å². The van der Waals surface area contributed by atoms with Gasteiger partial charge in [0.25, 0.3) is 5.91 Å². The number of fused-ring (bicyclic) bond motifs is 1. The van der Waals surface area contributed by atoms with Crippen LogP contribution in [0.4, 0.5) is 14.6 Å². The maximum Gasteiger partial charge on any atom is 0.277 e. The quantitative estimate of drug-likeness (QED) is 0.503. The largest absolute Gasteiger partial charge is 0.379 e. The van der Waals surface area contributed by atoms with Crippen LogP contribution in [-0.4, -0.2) is 56.7 Å². The van der Waals surface area contributed by atoms with Gasteiger partial charge in [-0.1, -0.05) is 12.1 Å². The Morgan fingerprint density at radius 1 is 1.06 bits per heavy atom. The molecule has 4 aromatic rings. The van der Waals surface area contributed by atoms with E-state index in [0.29, 0.717) is 31.2 Å². The van der Waals surface area contributed by atoms with E-state index < -0.39 is 17.5 Å². The van der Waals surface area contributed by atoms with Crippen molar-refractivity contribution in [2.24, 2.45) is 0 Å². The van der Waals surface area contributed by atoms with Gasteiger partial charge in [0.1, 0.15) is 5.82 Å². The van der Waals surface area contributed by atoms with E-state index in [9.17, 15) is 13.6 Å². The molecule has 1 aliphatic rings. The molecule has 4 heterocycles. The summed E-state index contributed by atoms with van der Waals surface area (Å²) >= 11 is 0. The predicted molar refractivity (Wildman–Crippen MR) is 117 cm³/mol. The number of pyridine rings is 1. The number of hydrogen-bond donors (Lipinski definition) is 1. The standard InChI is InChI=1S/C23H20F2N6O2/c24-17-5-2-4-16(22(17)25)18-7-8-21-26-13-19(31(21)29-18)23(32)28-20-6-1-3-15(27-20)14-30-9-11-33-12-10-30/h1-8,13H,9-12,14H2,(H,27,28,32). The van der Waals surface area contributed by atoms with Crippen molar-refractivity contribution >= 4 is 17.4 Å². The normalized spacial score (nSPS) is 14.5. The number of ether oxygens (including phenoxy) is 1. The average molecular weight is 450 g/mol. The molecule has 0 bridgehead atoms. The third-order valence-electron chi connectivity index (χ3n) is 5.36. The van der Waals surface area contributed by atoms with Gasteiger partial charge in [-0.3, -0.25) is 9.69 Å². The molecule has 1 amide bonds. The van der Waals surface area contributed by atoms with E-state index in [0.717, 1.165) is 24.8 Å². The van der Waals surface area contributed by atoms with Gasteiger partial charge in [-0.2, -0.15) is 5.10 Å². The van der Waals surface area contributed by atoms with Crippen molar-refractivity contribution in [3.63, 3.8) is 0 Å². The summed E-state index contributed by atoms with van der Waals surface area (Å²) in [7, 11) is 0. The molecule has 33 heavy (non-hydrogen) atoms. The van der Waals surface area contributed by atoms with Crippen molar-refractivity contribution in [2.75, 3.05) is 31.6 Å². The molecule has 1 saturated heterocycles. The number of rotatable bonds is 5. The first kappa shape index (κ1) is 21.1. The third kappa shape index (κ3) is 4.43. The molecular weight excluding hydrogens is 430 g/mol. The molecule has 1 fully saturated rings. The molecule has 0 atom stereocenters. The Morgan fingerprint density at radius 3 is 2.73 bits per heavy atom. The van der Waals surface area contributed by atoms with E-state index in [1.54, 1.807) is 12.1 Å². The third-order valence-corrected chi connectivity index (χ3v) is 5.36. The summed E-state index contributed by atoms with van der Waals surface area (Å²) in [6.07, 6.45) is 1.38. The van der Waals surface area contributed by atoms with E-state index in [4.69, 9.17) is 4.74 Å². The van der Waals surface area contributed by atoms with Gasteiger partial charge in [-0.15, -0.1) is 0 Å². The van der Waals surface area contributed by atoms with Gasteiger partial charge in [0, 0.05) is 25.2 Å². The summed E-state index contributed by atoms with van der Waals surface area (Å²) < 4.78 is 34.5. The molecule has 168 valence electrons. The fourth-order valence-electron chi connectivity index (χ4n) is 3.68. The molecule has 0 saturated carbocycles. The molecular formula is C23H20F2N6O2. The number of imidazole rings is 1. The number of anilines is 1.